The molecule has 2 aromatic carbocycles. The van der Waals surface area contributed by atoms with Crippen molar-refractivity contribution in [3.63, 3.8) is 0 Å². The molecule has 0 radical (unpaired) electrons. The lowest BCUT2D eigenvalue weighted by atomic mass is 10.1. The smallest absolute Gasteiger partial charge is 0.251 e. The number of carbonyl (C=O) groups is 1. The van der Waals surface area contributed by atoms with Crippen molar-refractivity contribution < 1.29 is 13.9 Å². The highest BCUT2D eigenvalue weighted by atomic mass is 19.1. The molecule has 0 saturated carbocycles. The molecule has 0 aliphatic carbocycles. The molecular weight excluding hydrogens is 369 g/mol. The molecule has 6 heteroatoms. The van der Waals surface area contributed by atoms with Crippen LogP contribution < -0.4 is 10.1 Å². The lowest BCUT2D eigenvalue weighted by molar-refractivity contribution is 0.0942. The predicted octanol–water partition coefficient (Wildman–Crippen LogP) is 3.59. The molecule has 1 N–H and O–H groups in total. The number of hydrogen-bond acceptors (Lipinski definition) is 4. The zero-order chi connectivity index (χ0) is 20.1. The van der Waals surface area contributed by atoms with Gasteiger partial charge in [-0.25, -0.2) is 4.39 Å². The van der Waals surface area contributed by atoms with Crippen molar-refractivity contribution in [3.8, 4) is 5.75 Å². The number of aromatic nitrogens is 1. The van der Waals surface area contributed by atoms with Crippen molar-refractivity contribution in [2.24, 2.45) is 0 Å². The molecular formula is C23H22FN3O2. The fraction of sp³-hybridized carbons (Fsp3) is 0.217. The molecule has 1 unspecified atom stereocenters. The van der Waals surface area contributed by atoms with Gasteiger partial charge in [-0.15, -0.1) is 0 Å². The number of para-hydroxylation sites is 1. The van der Waals surface area contributed by atoms with Crippen LogP contribution in [0.25, 0.3) is 0 Å². The molecule has 1 aliphatic rings. The summed E-state index contributed by atoms with van der Waals surface area (Å²) in [6.45, 7) is 2.31. The fourth-order valence-corrected chi connectivity index (χ4v) is 3.48. The number of nitrogens with zero attached hydrogens (tertiary/aromatic N) is 2. The average Bonchev–Trinajstić information content (AvgIpc) is 2.93. The Bertz CT molecular complexity index is 981. The molecule has 5 nitrogen and oxygen atoms in total. The number of halogens is 1. The van der Waals surface area contributed by atoms with Crippen LogP contribution >= 0.6 is 0 Å². The molecule has 0 spiro atoms. The van der Waals surface area contributed by atoms with Crippen LogP contribution in [0.3, 0.4) is 0 Å². The summed E-state index contributed by atoms with van der Waals surface area (Å²) in [5, 5.41) is 2.93. The quantitative estimate of drug-likeness (QED) is 0.722. The van der Waals surface area contributed by atoms with Gasteiger partial charge in [0.05, 0.1) is 0 Å². The molecule has 29 heavy (non-hydrogen) atoms. The molecule has 1 aromatic heterocycles. The van der Waals surface area contributed by atoms with Crippen molar-refractivity contribution in [1.29, 1.82) is 0 Å². The number of rotatable bonds is 5. The number of hydrogen-bond donors (Lipinski definition) is 1. The number of fused-ring (bicyclic) bond motifs is 1. The van der Waals surface area contributed by atoms with E-state index in [1.54, 1.807) is 36.7 Å². The Labute approximate surface area is 169 Å². The highest BCUT2D eigenvalue weighted by Gasteiger charge is 2.26. The van der Waals surface area contributed by atoms with Gasteiger partial charge in [0.25, 0.3) is 5.91 Å². The Balaban J connectivity index is 1.47. The zero-order valence-electron chi connectivity index (χ0n) is 15.9. The first-order valence-electron chi connectivity index (χ1n) is 9.60. The summed E-state index contributed by atoms with van der Waals surface area (Å²) < 4.78 is 20.6. The Morgan fingerprint density at radius 1 is 1.10 bits per heavy atom. The molecule has 1 aliphatic heterocycles. The summed E-state index contributed by atoms with van der Waals surface area (Å²) in [6, 6.07) is 17.9. The topological polar surface area (TPSA) is 54.5 Å². The van der Waals surface area contributed by atoms with Gasteiger partial charge < -0.3 is 10.1 Å². The third kappa shape index (κ3) is 4.60. The number of benzene rings is 2. The maximum atomic E-state index is 14.4. The maximum absolute atomic E-state index is 14.4. The molecule has 148 valence electrons. The number of carbonyl (C=O) groups excluding carboxylic acids is 1. The minimum atomic E-state index is -0.421. The van der Waals surface area contributed by atoms with Gasteiger partial charge in [0.1, 0.15) is 17.7 Å². The Morgan fingerprint density at radius 3 is 2.69 bits per heavy atom. The molecule has 0 bridgehead atoms. The van der Waals surface area contributed by atoms with Crippen molar-refractivity contribution in [2.45, 2.75) is 12.6 Å². The van der Waals surface area contributed by atoms with Crippen LogP contribution in [0, 0.1) is 5.82 Å². The van der Waals surface area contributed by atoms with Gasteiger partial charge in [-0.2, -0.15) is 0 Å². The van der Waals surface area contributed by atoms with Crippen LogP contribution in [-0.2, 0) is 6.54 Å². The third-order valence-electron chi connectivity index (χ3n) is 4.97. The minimum Gasteiger partial charge on any atom is -0.484 e. The molecule has 1 amide bonds. The van der Waals surface area contributed by atoms with Crippen LogP contribution in [0.5, 0.6) is 5.75 Å². The van der Waals surface area contributed by atoms with E-state index in [4.69, 9.17) is 4.74 Å². The van der Waals surface area contributed by atoms with E-state index >= 15 is 0 Å². The van der Waals surface area contributed by atoms with E-state index in [9.17, 15) is 9.18 Å². The van der Waals surface area contributed by atoms with Gasteiger partial charge in [0.15, 0.2) is 0 Å². The summed E-state index contributed by atoms with van der Waals surface area (Å²) in [4.78, 5) is 18.4. The van der Waals surface area contributed by atoms with Crippen LogP contribution in [0.4, 0.5) is 4.39 Å². The van der Waals surface area contributed by atoms with E-state index in [0.29, 0.717) is 37.3 Å². The van der Waals surface area contributed by atoms with Crippen molar-refractivity contribution in [1.82, 2.24) is 15.2 Å². The zero-order valence-corrected chi connectivity index (χ0v) is 15.9. The fourth-order valence-electron chi connectivity index (χ4n) is 3.48. The Hall–Kier alpha value is -3.25. The monoisotopic (exact) mass is 391 g/mol. The number of nitrogens with one attached hydrogen (secondary N) is 1. The van der Waals surface area contributed by atoms with Gasteiger partial charge in [-0.05, 0) is 24.3 Å². The maximum Gasteiger partial charge on any atom is 0.251 e. The van der Waals surface area contributed by atoms with E-state index in [1.807, 2.05) is 30.3 Å². The summed E-state index contributed by atoms with van der Waals surface area (Å²) in [7, 11) is 0. The molecule has 0 saturated heterocycles. The summed E-state index contributed by atoms with van der Waals surface area (Å²) in [5.74, 6) is 0.358. The van der Waals surface area contributed by atoms with E-state index in [-0.39, 0.29) is 11.7 Å². The highest BCUT2D eigenvalue weighted by Crippen LogP contribution is 2.31. The van der Waals surface area contributed by atoms with Gasteiger partial charge in [0.2, 0.25) is 0 Å². The lowest BCUT2D eigenvalue weighted by Gasteiger charge is -2.24. The van der Waals surface area contributed by atoms with Crippen LogP contribution in [0.15, 0.2) is 73.1 Å². The normalized spacial score (nSPS) is 16.4. The molecule has 3 aromatic rings. The van der Waals surface area contributed by atoms with Gasteiger partial charge in [-0.3, -0.25) is 14.7 Å². The first-order valence-corrected chi connectivity index (χ1v) is 9.60. The van der Waals surface area contributed by atoms with Gasteiger partial charge in [0, 0.05) is 55.3 Å². The molecule has 0 fully saturated rings. The number of ether oxygens (including phenoxy) is 1. The van der Waals surface area contributed by atoms with Crippen molar-refractivity contribution >= 4 is 5.91 Å². The molecule has 1 atom stereocenters. The van der Waals surface area contributed by atoms with Crippen molar-refractivity contribution in [3.05, 3.63) is 95.6 Å². The summed E-state index contributed by atoms with van der Waals surface area (Å²) in [6.07, 6.45) is 2.77. The Morgan fingerprint density at radius 2 is 1.86 bits per heavy atom. The lowest BCUT2D eigenvalue weighted by Crippen LogP contribution is -2.36. The van der Waals surface area contributed by atoms with Crippen molar-refractivity contribution in [2.75, 3.05) is 19.6 Å². The molecule has 4 rings (SSSR count). The number of pyridine rings is 1. The predicted molar refractivity (Wildman–Crippen MR) is 108 cm³/mol. The second-order valence-corrected chi connectivity index (χ2v) is 6.96. The van der Waals surface area contributed by atoms with E-state index in [0.717, 1.165) is 11.3 Å². The van der Waals surface area contributed by atoms with Gasteiger partial charge in [-0.1, -0.05) is 36.4 Å². The van der Waals surface area contributed by atoms with E-state index < -0.39 is 6.10 Å². The molecule has 2 heterocycles. The second-order valence-electron chi connectivity index (χ2n) is 6.96. The van der Waals surface area contributed by atoms with Crippen LogP contribution in [-0.4, -0.2) is 35.4 Å². The number of amides is 1. The average molecular weight is 391 g/mol. The summed E-state index contributed by atoms with van der Waals surface area (Å²) in [5.41, 5.74) is 2.16. The summed E-state index contributed by atoms with van der Waals surface area (Å²) >= 11 is 0. The first kappa shape index (κ1) is 19.1. The first-order chi connectivity index (χ1) is 14.2. The SMILES string of the molecule is O=C(NCCN1Cc2ccccc2OC(c2ccccc2F)C1)c1ccncc1. The van der Waals surface area contributed by atoms with Crippen LogP contribution in [0.1, 0.15) is 27.6 Å². The van der Waals surface area contributed by atoms with Crippen LogP contribution in [0.2, 0.25) is 0 Å². The second kappa shape index (κ2) is 8.84. The Kier molecular flexibility index (Phi) is 5.81. The van der Waals surface area contributed by atoms with Gasteiger partial charge >= 0.3 is 0 Å². The standard InChI is InChI=1S/C23H22FN3O2/c24-20-7-3-2-6-19(20)22-16-27(15-18-5-1-4-8-21(18)29-22)14-13-26-23(28)17-9-11-25-12-10-17/h1-12,22H,13-16H2,(H,26,28). The van der Waals surface area contributed by atoms with E-state index in [2.05, 4.69) is 15.2 Å². The third-order valence-corrected chi connectivity index (χ3v) is 4.97. The van der Waals surface area contributed by atoms with E-state index in [1.165, 1.54) is 6.07 Å². The largest absolute Gasteiger partial charge is 0.484 e. The highest BCUT2D eigenvalue weighted by molar-refractivity contribution is 5.93. The minimum absolute atomic E-state index is 0.135.